The Morgan fingerprint density at radius 1 is 1.11 bits per heavy atom. The Labute approximate surface area is 163 Å². The van der Waals surface area contributed by atoms with Crippen molar-refractivity contribution in [3.05, 3.63) is 69.1 Å². The monoisotopic (exact) mass is 380 g/mol. The van der Waals surface area contributed by atoms with Crippen molar-refractivity contribution in [2.24, 2.45) is 0 Å². The van der Waals surface area contributed by atoms with E-state index in [4.69, 9.17) is 4.42 Å². The number of anilines is 1. The summed E-state index contributed by atoms with van der Waals surface area (Å²) in [5, 5.41) is 13.3. The van der Waals surface area contributed by atoms with Gasteiger partial charge in [-0.1, -0.05) is 17.7 Å². The third kappa shape index (κ3) is 4.40. The highest BCUT2D eigenvalue weighted by atomic mass is 16.4. The average molecular weight is 380 g/mol. The number of nitrogens with zero attached hydrogens (tertiary/aromatic N) is 1. The van der Waals surface area contributed by atoms with Crippen LogP contribution in [0.3, 0.4) is 0 Å². The summed E-state index contributed by atoms with van der Waals surface area (Å²) in [5.41, 5.74) is 4.63. The molecule has 2 N–H and O–H groups in total. The van der Waals surface area contributed by atoms with Crippen LogP contribution in [0.2, 0.25) is 0 Å². The number of phenols is 1. The van der Waals surface area contributed by atoms with Gasteiger partial charge in [0, 0.05) is 29.8 Å². The van der Waals surface area contributed by atoms with Gasteiger partial charge in [-0.2, -0.15) is 0 Å². The molecule has 0 atom stereocenters. The lowest BCUT2D eigenvalue weighted by molar-refractivity contribution is -0.117. The van der Waals surface area contributed by atoms with Gasteiger partial charge < -0.3 is 14.8 Å². The van der Waals surface area contributed by atoms with Crippen molar-refractivity contribution in [2.45, 2.75) is 27.3 Å². The quantitative estimate of drug-likeness (QED) is 0.662. The van der Waals surface area contributed by atoms with Crippen molar-refractivity contribution >= 4 is 22.6 Å². The second-order valence-corrected chi connectivity index (χ2v) is 7.27. The van der Waals surface area contributed by atoms with Gasteiger partial charge in [0.25, 0.3) is 0 Å². The van der Waals surface area contributed by atoms with Crippen LogP contribution in [0, 0.1) is 20.8 Å². The lowest BCUT2D eigenvalue weighted by atomic mass is 10.1. The second kappa shape index (κ2) is 7.86. The minimum absolute atomic E-state index is 0.0318. The number of benzene rings is 2. The molecule has 0 aliphatic heterocycles. The Kier molecular flexibility index (Phi) is 5.51. The molecule has 6 nitrogen and oxygen atoms in total. The fourth-order valence-electron chi connectivity index (χ4n) is 3.50. The third-order valence-corrected chi connectivity index (χ3v) is 4.61. The second-order valence-electron chi connectivity index (χ2n) is 7.27. The van der Waals surface area contributed by atoms with Gasteiger partial charge in [-0.3, -0.25) is 9.69 Å². The summed E-state index contributed by atoms with van der Waals surface area (Å²) < 4.78 is 5.15. The van der Waals surface area contributed by atoms with Gasteiger partial charge in [-0.05, 0) is 56.6 Å². The van der Waals surface area contributed by atoms with Gasteiger partial charge in [0.2, 0.25) is 5.91 Å². The van der Waals surface area contributed by atoms with Crippen LogP contribution in [0.5, 0.6) is 5.75 Å². The van der Waals surface area contributed by atoms with E-state index in [0.717, 1.165) is 33.3 Å². The van der Waals surface area contributed by atoms with E-state index in [2.05, 4.69) is 5.32 Å². The Hall–Kier alpha value is -3.12. The van der Waals surface area contributed by atoms with Crippen LogP contribution in [0.15, 0.2) is 45.6 Å². The summed E-state index contributed by atoms with van der Waals surface area (Å²) in [5.74, 6) is -0.0909. The maximum atomic E-state index is 12.5. The van der Waals surface area contributed by atoms with E-state index in [-0.39, 0.29) is 18.2 Å². The zero-order valence-electron chi connectivity index (χ0n) is 16.5. The molecule has 146 valence electrons. The molecule has 1 amide bonds. The van der Waals surface area contributed by atoms with Gasteiger partial charge in [-0.25, -0.2) is 4.79 Å². The molecule has 0 bridgehead atoms. The van der Waals surface area contributed by atoms with Crippen LogP contribution in [-0.2, 0) is 11.3 Å². The van der Waals surface area contributed by atoms with Gasteiger partial charge in [0.05, 0.1) is 6.54 Å². The molecule has 2 aromatic carbocycles. The van der Waals surface area contributed by atoms with Crippen molar-refractivity contribution in [3.63, 3.8) is 0 Å². The van der Waals surface area contributed by atoms with Crippen molar-refractivity contribution in [1.29, 1.82) is 0 Å². The predicted octanol–water partition coefficient (Wildman–Crippen LogP) is 3.49. The van der Waals surface area contributed by atoms with E-state index < -0.39 is 5.63 Å². The number of aromatic hydroxyl groups is 1. The molecule has 3 aromatic rings. The first kappa shape index (κ1) is 19.6. The summed E-state index contributed by atoms with van der Waals surface area (Å²) in [6.45, 7) is 6.55. The first-order valence-electron chi connectivity index (χ1n) is 9.05. The van der Waals surface area contributed by atoms with E-state index in [0.29, 0.717) is 12.1 Å². The number of likely N-dealkylation sites (N-methyl/N-ethyl adjacent to an activating group) is 1. The molecule has 0 fully saturated rings. The lowest BCUT2D eigenvalue weighted by Gasteiger charge is -2.18. The number of amides is 1. The maximum Gasteiger partial charge on any atom is 0.336 e. The number of aryl methyl sites for hydroxylation is 3. The number of hydrogen-bond acceptors (Lipinski definition) is 5. The number of carbonyl (C=O) groups is 1. The summed E-state index contributed by atoms with van der Waals surface area (Å²) in [7, 11) is 1.81. The number of fused-ring (bicyclic) bond motifs is 1. The number of phenolic OH excluding ortho intramolecular Hbond substituents is 1. The van der Waals surface area contributed by atoms with E-state index in [1.807, 2.05) is 44.9 Å². The van der Waals surface area contributed by atoms with Gasteiger partial charge in [0.15, 0.2) is 0 Å². The molecule has 0 saturated carbocycles. The molecule has 1 aromatic heterocycles. The van der Waals surface area contributed by atoms with Crippen LogP contribution in [0.25, 0.3) is 11.0 Å². The molecule has 0 spiro atoms. The normalized spacial score (nSPS) is 11.2. The molecule has 1 heterocycles. The van der Waals surface area contributed by atoms with Crippen molar-refractivity contribution in [2.75, 3.05) is 18.9 Å². The SMILES string of the molecule is Cc1cc(C)c(NC(=O)CN(C)Cc2cc(=O)oc3cc(O)ccc23)c(C)c1. The smallest absolute Gasteiger partial charge is 0.336 e. The minimum Gasteiger partial charge on any atom is -0.508 e. The van der Waals surface area contributed by atoms with E-state index >= 15 is 0 Å². The Morgan fingerprint density at radius 3 is 2.46 bits per heavy atom. The first-order chi connectivity index (χ1) is 13.2. The molecular weight excluding hydrogens is 356 g/mol. The lowest BCUT2D eigenvalue weighted by Crippen LogP contribution is -2.30. The molecular formula is C22H24N2O4. The predicted molar refractivity (Wildman–Crippen MR) is 110 cm³/mol. The van der Waals surface area contributed by atoms with E-state index in [1.165, 1.54) is 12.1 Å². The molecule has 0 unspecified atom stereocenters. The third-order valence-electron chi connectivity index (χ3n) is 4.61. The highest BCUT2D eigenvalue weighted by molar-refractivity contribution is 5.93. The molecule has 0 saturated heterocycles. The Morgan fingerprint density at radius 2 is 1.79 bits per heavy atom. The zero-order chi connectivity index (χ0) is 20.4. The van der Waals surface area contributed by atoms with E-state index in [9.17, 15) is 14.7 Å². The zero-order valence-corrected chi connectivity index (χ0v) is 16.5. The number of nitrogens with one attached hydrogen (secondary N) is 1. The fourth-order valence-corrected chi connectivity index (χ4v) is 3.50. The Balaban J connectivity index is 1.74. The average Bonchev–Trinajstić information content (AvgIpc) is 2.57. The summed E-state index contributed by atoms with van der Waals surface area (Å²) in [6.07, 6.45) is 0. The van der Waals surface area contributed by atoms with Crippen molar-refractivity contribution in [3.8, 4) is 5.75 Å². The fraction of sp³-hybridized carbons (Fsp3) is 0.273. The molecule has 0 aliphatic carbocycles. The largest absolute Gasteiger partial charge is 0.508 e. The molecule has 3 rings (SSSR count). The highest BCUT2D eigenvalue weighted by Crippen LogP contribution is 2.23. The van der Waals surface area contributed by atoms with Gasteiger partial charge in [-0.15, -0.1) is 0 Å². The van der Waals surface area contributed by atoms with Gasteiger partial charge >= 0.3 is 5.63 Å². The standard InChI is InChI=1S/C22H24N2O4/c1-13-7-14(2)22(15(3)8-13)23-20(26)12-24(4)11-16-9-21(27)28-19-10-17(25)5-6-18(16)19/h5-10,25H,11-12H2,1-4H3,(H,23,26). The molecule has 6 heteroatoms. The van der Waals surface area contributed by atoms with Gasteiger partial charge in [0.1, 0.15) is 11.3 Å². The number of hydrogen-bond donors (Lipinski definition) is 2. The van der Waals surface area contributed by atoms with Crippen molar-refractivity contribution in [1.82, 2.24) is 4.90 Å². The van der Waals surface area contributed by atoms with E-state index in [1.54, 1.807) is 12.1 Å². The van der Waals surface area contributed by atoms with Crippen LogP contribution in [0.1, 0.15) is 22.3 Å². The summed E-state index contributed by atoms with van der Waals surface area (Å²) >= 11 is 0. The summed E-state index contributed by atoms with van der Waals surface area (Å²) in [6, 6.07) is 10.2. The highest BCUT2D eigenvalue weighted by Gasteiger charge is 2.13. The minimum atomic E-state index is -0.489. The first-order valence-corrected chi connectivity index (χ1v) is 9.05. The Bertz CT molecular complexity index is 1080. The van der Waals surface area contributed by atoms with Crippen LogP contribution in [-0.4, -0.2) is 29.5 Å². The number of rotatable bonds is 5. The van der Waals surface area contributed by atoms with Crippen molar-refractivity contribution < 1.29 is 14.3 Å². The summed E-state index contributed by atoms with van der Waals surface area (Å²) in [4.78, 5) is 26.2. The maximum absolute atomic E-state index is 12.5. The topological polar surface area (TPSA) is 82.8 Å². The molecule has 0 aliphatic rings. The van der Waals surface area contributed by atoms with Crippen LogP contribution in [0.4, 0.5) is 5.69 Å². The molecule has 0 radical (unpaired) electrons. The molecule has 28 heavy (non-hydrogen) atoms. The van der Waals surface area contributed by atoms with Crippen LogP contribution < -0.4 is 10.9 Å². The van der Waals surface area contributed by atoms with Crippen LogP contribution >= 0.6 is 0 Å². The number of carbonyl (C=O) groups excluding carboxylic acids is 1.